The van der Waals surface area contributed by atoms with Crippen LogP contribution >= 0.6 is 7.37 Å². The van der Waals surface area contributed by atoms with Crippen LogP contribution in [0.5, 0.6) is 5.75 Å². The molecule has 0 aliphatic carbocycles. The van der Waals surface area contributed by atoms with Gasteiger partial charge < -0.3 is 4.52 Å². The van der Waals surface area contributed by atoms with Crippen molar-refractivity contribution in [3.63, 3.8) is 0 Å². The van der Waals surface area contributed by atoms with Crippen molar-refractivity contribution in [1.82, 2.24) is 0 Å². The Balaban J connectivity index is 2.78. The van der Waals surface area contributed by atoms with Gasteiger partial charge in [-0.1, -0.05) is 17.7 Å². The van der Waals surface area contributed by atoms with Gasteiger partial charge in [-0.25, -0.2) is 0 Å². The van der Waals surface area contributed by atoms with Crippen LogP contribution in [-0.4, -0.2) is 13.3 Å². The van der Waals surface area contributed by atoms with Crippen molar-refractivity contribution < 1.29 is 9.09 Å². The van der Waals surface area contributed by atoms with Crippen LogP contribution in [0.15, 0.2) is 24.3 Å². The molecule has 3 heteroatoms. The van der Waals surface area contributed by atoms with E-state index < -0.39 is 7.37 Å². The highest BCUT2D eigenvalue weighted by molar-refractivity contribution is 7.57. The minimum Gasteiger partial charge on any atom is -0.443 e. The van der Waals surface area contributed by atoms with E-state index >= 15 is 0 Å². The second-order valence-corrected chi connectivity index (χ2v) is 5.84. The fourth-order valence-electron chi connectivity index (χ4n) is 0.853. The number of benzene rings is 1. The number of aryl methyl sites for hydroxylation is 1. The highest BCUT2D eigenvalue weighted by Crippen LogP contribution is 2.38. The minimum atomic E-state index is -2.40. The molecular formula is C9H13O2P. The van der Waals surface area contributed by atoms with Gasteiger partial charge in [0.25, 0.3) is 0 Å². The zero-order valence-electron chi connectivity index (χ0n) is 7.57. The van der Waals surface area contributed by atoms with Crippen LogP contribution in [-0.2, 0) is 4.57 Å². The second-order valence-electron chi connectivity index (χ2n) is 3.16. The van der Waals surface area contributed by atoms with Gasteiger partial charge >= 0.3 is 0 Å². The first kappa shape index (κ1) is 9.34. The average molecular weight is 184 g/mol. The van der Waals surface area contributed by atoms with E-state index in [-0.39, 0.29) is 0 Å². The second kappa shape index (κ2) is 3.32. The topological polar surface area (TPSA) is 26.3 Å². The highest BCUT2D eigenvalue weighted by Gasteiger charge is 2.07. The third-order valence-electron chi connectivity index (χ3n) is 1.35. The van der Waals surface area contributed by atoms with Crippen LogP contribution in [0, 0.1) is 6.92 Å². The van der Waals surface area contributed by atoms with Gasteiger partial charge in [0.05, 0.1) is 0 Å². The molecule has 0 unspecified atom stereocenters. The number of rotatable bonds is 2. The largest absolute Gasteiger partial charge is 0.443 e. The summed E-state index contributed by atoms with van der Waals surface area (Å²) < 4.78 is 16.5. The van der Waals surface area contributed by atoms with Crippen LogP contribution in [0.4, 0.5) is 0 Å². The van der Waals surface area contributed by atoms with E-state index in [1.54, 1.807) is 13.3 Å². The average Bonchev–Trinajstić information content (AvgIpc) is 1.91. The van der Waals surface area contributed by atoms with Gasteiger partial charge in [0, 0.05) is 13.3 Å². The normalized spacial score (nSPS) is 11.2. The highest BCUT2D eigenvalue weighted by atomic mass is 31.2. The van der Waals surface area contributed by atoms with Crippen molar-refractivity contribution in [2.75, 3.05) is 13.3 Å². The summed E-state index contributed by atoms with van der Waals surface area (Å²) in [7, 11) is -2.40. The number of hydrogen-bond acceptors (Lipinski definition) is 2. The molecule has 0 heterocycles. The first-order chi connectivity index (χ1) is 5.47. The smallest absolute Gasteiger partial charge is 0.242 e. The number of hydrogen-bond donors (Lipinski definition) is 0. The van der Waals surface area contributed by atoms with Crippen molar-refractivity contribution in [3.05, 3.63) is 29.8 Å². The Kier molecular flexibility index (Phi) is 2.58. The van der Waals surface area contributed by atoms with Crippen molar-refractivity contribution >= 4 is 7.37 Å². The van der Waals surface area contributed by atoms with Crippen LogP contribution in [0.3, 0.4) is 0 Å². The van der Waals surface area contributed by atoms with E-state index in [9.17, 15) is 4.57 Å². The monoisotopic (exact) mass is 184 g/mol. The maximum Gasteiger partial charge on any atom is 0.242 e. The molecule has 0 aliphatic rings. The van der Waals surface area contributed by atoms with Gasteiger partial charge in [0.2, 0.25) is 7.37 Å². The van der Waals surface area contributed by atoms with Gasteiger partial charge in [-0.2, -0.15) is 0 Å². The zero-order valence-corrected chi connectivity index (χ0v) is 8.47. The molecule has 66 valence electrons. The molecule has 0 spiro atoms. The molecule has 1 rings (SSSR count). The molecule has 0 bridgehead atoms. The summed E-state index contributed by atoms with van der Waals surface area (Å²) in [6, 6.07) is 7.53. The summed E-state index contributed by atoms with van der Waals surface area (Å²) in [4.78, 5) is 0. The summed E-state index contributed by atoms with van der Waals surface area (Å²) in [5.74, 6) is 0.675. The first-order valence-corrected chi connectivity index (χ1v) is 6.30. The third-order valence-corrected chi connectivity index (χ3v) is 2.00. The lowest BCUT2D eigenvalue weighted by Gasteiger charge is -2.09. The Morgan fingerprint density at radius 2 is 1.67 bits per heavy atom. The Bertz CT molecular complexity index is 297. The summed E-state index contributed by atoms with van der Waals surface area (Å²) in [5, 5.41) is 0. The molecule has 2 nitrogen and oxygen atoms in total. The molecule has 1 aromatic carbocycles. The quantitative estimate of drug-likeness (QED) is 0.660. The van der Waals surface area contributed by atoms with Crippen molar-refractivity contribution in [2.45, 2.75) is 6.92 Å². The van der Waals surface area contributed by atoms with Crippen LogP contribution < -0.4 is 4.52 Å². The summed E-state index contributed by atoms with van der Waals surface area (Å²) in [5.41, 5.74) is 1.17. The van der Waals surface area contributed by atoms with Crippen LogP contribution in [0.25, 0.3) is 0 Å². The van der Waals surface area contributed by atoms with Crippen molar-refractivity contribution in [1.29, 1.82) is 0 Å². The van der Waals surface area contributed by atoms with Gasteiger partial charge in [0.1, 0.15) is 5.75 Å². The van der Waals surface area contributed by atoms with Crippen molar-refractivity contribution in [2.24, 2.45) is 0 Å². The van der Waals surface area contributed by atoms with E-state index in [2.05, 4.69) is 0 Å². The maximum atomic E-state index is 11.2. The predicted molar refractivity (Wildman–Crippen MR) is 51.3 cm³/mol. The lowest BCUT2D eigenvalue weighted by atomic mass is 10.2. The first-order valence-electron chi connectivity index (χ1n) is 3.79. The summed E-state index contributed by atoms with van der Waals surface area (Å²) in [6.07, 6.45) is 0. The molecule has 0 radical (unpaired) electrons. The van der Waals surface area contributed by atoms with E-state index in [1.807, 2.05) is 31.2 Å². The lowest BCUT2D eigenvalue weighted by Crippen LogP contribution is -1.88. The van der Waals surface area contributed by atoms with E-state index in [0.29, 0.717) is 5.75 Å². The fourth-order valence-corrected chi connectivity index (χ4v) is 1.48. The van der Waals surface area contributed by atoms with Gasteiger partial charge in [-0.15, -0.1) is 0 Å². The van der Waals surface area contributed by atoms with Gasteiger partial charge in [-0.3, -0.25) is 4.57 Å². The Morgan fingerprint density at radius 1 is 1.17 bits per heavy atom. The summed E-state index contributed by atoms with van der Waals surface area (Å²) >= 11 is 0. The Morgan fingerprint density at radius 3 is 2.08 bits per heavy atom. The molecular weight excluding hydrogens is 171 g/mol. The van der Waals surface area contributed by atoms with Crippen molar-refractivity contribution in [3.8, 4) is 5.75 Å². The molecule has 1 aromatic rings. The van der Waals surface area contributed by atoms with Crippen LogP contribution in [0.2, 0.25) is 0 Å². The Labute approximate surface area is 73.0 Å². The van der Waals surface area contributed by atoms with E-state index in [1.165, 1.54) is 5.56 Å². The minimum absolute atomic E-state index is 0.675. The van der Waals surface area contributed by atoms with E-state index in [0.717, 1.165) is 0 Å². The molecule has 0 fully saturated rings. The summed E-state index contributed by atoms with van der Waals surface area (Å²) in [6.45, 7) is 5.21. The Hall–Kier alpha value is -0.750. The predicted octanol–water partition coefficient (Wildman–Crippen LogP) is 2.91. The molecule has 0 amide bonds. The third kappa shape index (κ3) is 3.10. The fraction of sp³-hybridized carbons (Fsp3) is 0.333. The molecule has 0 N–H and O–H groups in total. The molecule has 0 atom stereocenters. The van der Waals surface area contributed by atoms with Gasteiger partial charge in [0.15, 0.2) is 0 Å². The standard InChI is InChI=1S/C9H13O2P/c1-8-4-6-9(7-5-8)11-12(2,3)10/h4-7H,1-3H3. The van der Waals surface area contributed by atoms with Gasteiger partial charge in [-0.05, 0) is 19.1 Å². The SMILES string of the molecule is Cc1ccc(OP(C)(C)=O)cc1. The van der Waals surface area contributed by atoms with E-state index in [4.69, 9.17) is 4.52 Å². The lowest BCUT2D eigenvalue weighted by molar-refractivity contribution is 0.494. The molecule has 0 aromatic heterocycles. The zero-order chi connectivity index (χ0) is 9.19. The maximum absolute atomic E-state index is 11.2. The van der Waals surface area contributed by atoms with Crippen LogP contribution in [0.1, 0.15) is 5.56 Å². The molecule has 0 saturated heterocycles. The molecule has 0 aliphatic heterocycles. The molecule has 12 heavy (non-hydrogen) atoms. The molecule has 0 saturated carbocycles.